The summed E-state index contributed by atoms with van der Waals surface area (Å²) in [4.78, 5) is 4.64. The molecule has 2 heterocycles. The number of para-hydroxylation sites is 4. The molecule has 9 aromatic carbocycles. The van der Waals surface area contributed by atoms with Crippen molar-refractivity contribution in [1.29, 1.82) is 0 Å². The molecule has 0 atom stereocenters. The Balaban J connectivity index is 0.973. The second kappa shape index (κ2) is 18.9. The lowest BCUT2D eigenvalue weighted by Gasteiger charge is -2.29. The van der Waals surface area contributed by atoms with Gasteiger partial charge in [-0.05, 0) is 158 Å². The van der Waals surface area contributed by atoms with Gasteiger partial charge in [0, 0.05) is 67.0 Å². The maximum Gasteiger partial charge on any atom is 0.119 e. The Morgan fingerprint density at radius 2 is 0.559 bits per heavy atom. The van der Waals surface area contributed by atoms with E-state index in [1.165, 1.54) is 43.6 Å². The maximum atomic E-state index is 6.11. The molecular formula is C62H54N4O2. The molecule has 0 N–H and O–H groups in total. The third-order valence-corrected chi connectivity index (χ3v) is 13.0. The number of nitrogens with zero attached hydrogens (tertiary/aromatic N) is 4. The normalized spacial score (nSPS) is 11.4. The zero-order valence-electron chi connectivity index (χ0n) is 38.6. The summed E-state index contributed by atoms with van der Waals surface area (Å²) in [6.45, 7) is 5.79. The molecule has 6 nitrogen and oxygen atoms in total. The monoisotopic (exact) mass is 886 g/mol. The fraction of sp³-hybridized carbons (Fsp3) is 0.129. The van der Waals surface area contributed by atoms with Crippen molar-refractivity contribution in [1.82, 2.24) is 9.13 Å². The summed E-state index contributed by atoms with van der Waals surface area (Å²) in [5.74, 6) is 1.75. The van der Waals surface area contributed by atoms with Crippen molar-refractivity contribution >= 4 is 77.7 Å². The van der Waals surface area contributed by atoms with Crippen molar-refractivity contribution < 1.29 is 9.47 Å². The molecule has 11 aromatic rings. The van der Waals surface area contributed by atoms with E-state index in [2.05, 4.69) is 251 Å². The molecule has 0 aliphatic carbocycles. The first-order chi connectivity index (χ1) is 33.7. The average molecular weight is 887 g/mol. The molecule has 0 saturated heterocycles. The average Bonchev–Trinajstić information content (AvgIpc) is 3.92. The molecule has 0 fully saturated rings. The SMILES string of the molecule is CCCCOc1ccc(N(c2ccc(N(c3ccc(OCCCC)cc3)c3ccc(-n4c5ccccc5c5ccccc54)cc3)cc2)c2ccc(-n3c4ccccc4c4ccccc43)cc2)cc1. The van der Waals surface area contributed by atoms with E-state index in [9.17, 15) is 0 Å². The Morgan fingerprint density at radius 3 is 0.838 bits per heavy atom. The zero-order valence-corrected chi connectivity index (χ0v) is 38.6. The summed E-state index contributed by atoms with van der Waals surface area (Å²) in [6.07, 6.45) is 4.24. The molecular weight excluding hydrogens is 833 g/mol. The van der Waals surface area contributed by atoms with Crippen molar-refractivity contribution in [2.75, 3.05) is 23.0 Å². The standard InChI is InChI=1S/C62H54N4O2/c1-3-5-43-67-53-39-35-49(36-40-53)63(47-27-31-51(32-28-47)65-59-19-11-7-15-55(59)56-16-8-12-20-60(56)65)45-23-25-46(26-24-45)64(50-37-41-54(42-38-50)68-44-6-4-2)48-29-33-52(34-30-48)66-61-21-13-9-17-57(61)58-18-10-14-22-62(58)66/h7-42H,3-6,43-44H2,1-2H3. The Labute approximate surface area is 398 Å². The molecule has 0 spiro atoms. The lowest BCUT2D eigenvalue weighted by atomic mass is 10.1. The molecule has 0 unspecified atom stereocenters. The first-order valence-electron chi connectivity index (χ1n) is 24.0. The molecule has 11 rings (SSSR count). The van der Waals surface area contributed by atoms with Crippen LogP contribution in [0.5, 0.6) is 11.5 Å². The highest BCUT2D eigenvalue weighted by atomic mass is 16.5. The molecule has 0 aliphatic rings. The minimum atomic E-state index is 0.708. The van der Waals surface area contributed by atoms with Crippen molar-refractivity contribution in [3.63, 3.8) is 0 Å². The summed E-state index contributed by atoms with van der Waals surface area (Å²) >= 11 is 0. The molecule has 334 valence electrons. The molecule has 0 amide bonds. The summed E-state index contributed by atoms with van der Waals surface area (Å²) in [5.41, 5.74) is 13.3. The van der Waals surface area contributed by atoms with Crippen LogP contribution in [0.3, 0.4) is 0 Å². The molecule has 68 heavy (non-hydrogen) atoms. The van der Waals surface area contributed by atoms with Gasteiger partial charge in [-0.2, -0.15) is 0 Å². The van der Waals surface area contributed by atoms with E-state index < -0.39 is 0 Å². The van der Waals surface area contributed by atoms with E-state index in [0.717, 1.165) is 82.7 Å². The van der Waals surface area contributed by atoms with Gasteiger partial charge >= 0.3 is 0 Å². The van der Waals surface area contributed by atoms with Crippen molar-refractivity contribution in [3.05, 3.63) is 218 Å². The zero-order chi connectivity index (χ0) is 45.8. The number of hydrogen-bond acceptors (Lipinski definition) is 4. The van der Waals surface area contributed by atoms with Gasteiger partial charge in [-0.1, -0.05) is 99.5 Å². The fourth-order valence-electron chi connectivity index (χ4n) is 9.60. The van der Waals surface area contributed by atoms with Crippen LogP contribution in [0.4, 0.5) is 34.1 Å². The molecule has 0 saturated carbocycles. The van der Waals surface area contributed by atoms with E-state index in [0.29, 0.717) is 13.2 Å². The third-order valence-electron chi connectivity index (χ3n) is 13.0. The van der Waals surface area contributed by atoms with Gasteiger partial charge in [-0.15, -0.1) is 0 Å². The predicted molar refractivity (Wildman–Crippen MR) is 285 cm³/mol. The van der Waals surface area contributed by atoms with Crippen LogP contribution in [0.2, 0.25) is 0 Å². The Bertz CT molecular complexity index is 3120. The van der Waals surface area contributed by atoms with Crippen LogP contribution < -0.4 is 19.3 Å². The summed E-state index contributed by atoms with van der Waals surface area (Å²) in [6, 6.07) is 78.4. The van der Waals surface area contributed by atoms with Crippen LogP contribution in [0.15, 0.2) is 218 Å². The molecule has 0 aliphatic heterocycles. The third kappa shape index (κ3) is 8.09. The smallest absolute Gasteiger partial charge is 0.119 e. The van der Waals surface area contributed by atoms with E-state index in [-0.39, 0.29) is 0 Å². The fourth-order valence-corrected chi connectivity index (χ4v) is 9.60. The quantitative estimate of drug-likeness (QED) is 0.0906. The molecule has 0 radical (unpaired) electrons. The lowest BCUT2D eigenvalue weighted by Crippen LogP contribution is -2.12. The van der Waals surface area contributed by atoms with E-state index in [1.807, 2.05) is 0 Å². The number of ether oxygens (including phenoxy) is 2. The van der Waals surface area contributed by atoms with Crippen molar-refractivity contribution in [2.24, 2.45) is 0 Å². The van der Waals surface area contributed by atoms with Crippen molar-refractivity contribution in [3.8, 4) is 22.9 Å². The summed E-state index contributed by atoms with van der Waals surface area (Å²) < 4.78 is 16.9. The van der Waals surface area contributed by atoms with Gasteiger partial charge in [0.15, 0.2) is 0 Å². The maximum absolute atomic E-state index is 6.11. The number of anilines is 6. The topological polar surface area (TPSA) is 34.8 Å². The van der Waals surface area contributed by atoms with Gasteiger partial charge in [0.2, 0.25) is 0 Å². The van der Waals surface area contributed by atoms with Gasteiger partial charge < -0.3 is 28.4 Å². The van der Waals surface area contributed by atoms with Crippen LogP contribution in [0, 0.1) is 0 Å². The number of rotatable bonds is 16. The molecule has 2 aromatic heterocycles. The first kappa shape index (κ1) is 42.4. The van der Waals surface area contributed by atoms with Gasteiger partial charge in [0.05, 0.1) is 35.3 Å². The summed E-state index contributed by atoms with van der Waals surface area (Å²) in [7, 11) is 0. The summed E-state index contributed by atoms with van der Waals surface area (Å²) in [5, 5.41) is 5.00. The minimum Gasteiger partial charge on any atom is -0.494 e. The number of aromatic nitrogens is 2. The highest BCUT2D eigenvalue weighted by molar-refractivity contribution is 6.10. The Hall–Kier alpha value is -8.22. The van der Waals surface area contributed by atoms with Gasteiger partial charge in [-0.3, -0.25) is 0 Å². The minimum absolute atomic E-state index is 0.708. The van der Waals surface area contributed by atoms with Gasteiger partial charge in [0.25, 0.3) is 0 Å². The second-order valence-electron chi connectivity index (χ2n) is 17.4. The van der Waals surface area contributed by atoms with E-state index in [1.54, 1.807) is 0 Å². The predicted octanol–water partition coefficient (Wildman–Crippen LogP) is 17.2. The molecule has 6 heteroatoms. The Kier molecular flexibility index (Phi) is 11.8. The van der Waals surface area contributed by atoms with Crippen LogP contribution >= 0.6 is 0 Å². The largest absolute Gasteiger partial charge is 0.494 e. The van der Waals surface area contributed by atoms with E-state index in [4.69, 9.17) is 9.47 Å². The molecule has 0 bridgehead atoms. The highest BCUT2D eigenvalue weighted by Gasteiger charge is 2.19. The Morgan fingerprint density at radius 1 is 0.309 bits per heavy atom. The van der Waals surface area contributed by atoms with Crippen LogP contribution in [0.25, 0.3) is 55.0 Å². The van der Waals surface area contributed by atoms with Gasteiger partial charge in [-0.25, -0.2) is 0 Å². The highest BCUT2D eigenvalue weighted by Crippen LogP contribution is 2.42. The van der Waals surface area contributed by atoms with Crippen LogP contribution in [0.1, 0.15) is 39.5 Å². The number of fused-ring (bicyclic) bond motifs is 6. The number of benzene rings is 9. The number of unbranched alkanes of at least 4 members (excludes halogenated alkanes) is 2. The van der Waals surface area contributed by atoms with E-state index >= 15 is 0 Å². The number of hydrogen-bond donors (Lipinski definition) is 0. The van der Waals surface area contributed by atoms with Crippen LogP contribution in [-0.4, -0.2) is 22.3 Å². The van der Waals surface area contributed by atoms with Crippen molar-refractivity contribution in [2.45, 2.75) is 39.5 Å². The second-order valence-corrected chi connectivity index (χ2v) is 17.4. The van der Waals surface area contributed by atoms with Gasteiger partial charge in [0.1, 0.15) is 11.5 Å². The lowest BCUT2D eigenvalue weighted by molar-refractivity contribution is 0.309. The van der Waals surface area contributed by atoms with Crippen LogP contribution in [-0.2, 0) is 0 Å². The first-order valence-corrected chi connectivity index (χ1v) is 24.0.